The third kappa shape index (κ3) is 2.39. The first-order chi connectivity index (χ1) is 17.5. The molecule has 0 unspecified atom stereocenters. The van der Waals surface area contributed by atoms with E-state index in [9.17, 15) is 15.3 Å². The van der Waals surface area contributed by atoms with Gasteiger partial charge in [0, 0.05) is 33.4 Å². The van der Waals surface area contributed by atoms with Gasteiger partial charge in [0.05, 0.1) is 0 Å². The number of hydrogen-bond donors (Lipinski definition) is 0. The summed E-state index contributed by atoms with van der Waals surface area (Å²) in [6, 6.07) is 25.5. The van der Waals surface area contributed by atoms with Crippen molar-refractivity contribution in [3.8, 4) is 34.4 Å². The highest BCUT2D eigenvalue weighted by Crippen LogP contribution is 2.55. The van der Waals surface area contributed by atoms with Crippen molar-refractivity contribution in [3.63, 3.8) is 0 Å². The Balaban J connectivity index is 1.68. The summed E-state index contributed by atoms with van der Waals surface area (Å²) in [5.41, 5.74) is 1.27. The van der Waals surface area contributed by atoms with Crippen molar-refractivity contribution in [1.82, 2.24) is 0 Å². The molecule has 0 aliphatic heterocycles. The van der Waals surface area contributed by atoms with Crippen LogP contribution in [0.5, 0.6) is 0 Å². The Bertz CT molecular complexity index is 1990. The molecular formula is C31H12F2N2O. The molecule has 0 amide bonds. The smallest absolute Gasteiger partial charge is 0.195 e. The maximum Gasteiger partial charge on any atom is 0.195 e. The Kier molecular flexibility index (Phi) is 3.91. The topological polar surface area (TPSA) is 64.7 Å². The molecule has 0 radical (unpaired) electrons. The van der Waals surface area contributed by atoms with Crippen LogP contribution in [0.15, 0.2) is 78.4 Å². The Morgan fingerprint density at radius 1 is 0.583 bits per heavy atom. The van der Waals surface area contributed by atoms with Gasteiger partial charge < -0.3 is 0 Å². The minimum atomic E-state index is -1.17. The maximum absolute atomic E-state index is 16.0. The van der Waals surface area contributed by atoms with Crippen LogP contribution >= 0.6 is 0 Å². The molecule has 0 spiro atoms. The van der Waals surface area contributed by atoms with Crippen molar-refractivity contribution in [2.45, 2.75) is 0 Å². The molecule has 0 saturated heterocycles. The first-order valence-electron chi connectivity index (χ1n) is 11.2. The Hall–Kier alpha value is -5.13. The van der Waals surface area contributed by atoms with Gasteiger partial charge in [0.15, 0.2) is 17.4 Å². The SMILES string of the molecule is N#CC(C#N)=C1c2cc3ccccc3cc2-c2c1c(F)c(F)c1c2C(=O)c2cc3ccccc3cc2-1. The highest BCUT2D eigenvalue weighted by atomic mass is 19.2. The van der Waals surface area contributed by atoms with Crippen molar-refractivity contribution < 1.29 is 13.6 Å². The molecule has 2 aliphatic rings. The Morgan fingerprint density at radius 2 is 1.03 bits per heavy atom. The quantitative estimate of drug-likeness (QED) is 0.220. The molecule has 0 aromatic heterocycles. The van der Waals surface area contributed by atoms with E-state index in [4.69, 9.17) is 0 Å². The lowest BCUT2D eigenvalue weighted by atomic mass is 9.92. The van der Waals surface area contributed by atoms with Gasteiger partial charge in [0.2, 0.25) is 0 Å². The number of allylic oxidation sites excluding steroid dienone is 1. The van der Waals surface area contributed by atoms with Crippen LogP contribution in [0.4, 0.5) is 8.78 Å². The van der Waals surface area contributed by atoms with Crippen LogP contribution < -0.4 is 0 Å². The van der Waals surface area contributed by atoms with E-state index in [1.165, 1.54) is 0 Å². The molecule has 0 fully saturated rings. The van der Waals surface area contributed by atoms with Gasteiger partial charge in [-0.15, -0.1) is 0 Å². The average molecular weight is 466 g/mol. The molecule has 0 heterocycles. The van der Waals surface area contributed by atoms with Crippen LogP contribution in [-0.2, 0) is 0 Å². The molecule has 0 atom stereocenters. The van der Waals surface area contributed by atoms with E-state index < -0.39 is 17.4 Å². The second-order valence-corrected chi connectivity index (χ2v) is 8.92. The number of nitriles is 2. The number of hydrogen-bond acceptors (Lipinski definition) is 3. The number of nitrogens with zero attached hydrogens (tertiary/aromatic N) is 2. The molecule has 7 rings (SSSR count). The van der Waals surface area contributed by atoms with E-state index in [1.807, 2.05) is 66.7 Å². The van der Waals surface area contributed by atoms with Gasteiger partial charge in [0.1, 0.15) is 17.7 Å². The monoisotopic (exact) mass is 466 g/mol. The largest absolute Gasteiger partial charge is 0.289 e. The molecule has 0 bridgehead atoms. The number of carbonyl (C=O) groups excluding carboxylic acids is 1. The number of fused-ring (bicyclic) bond motifs is 9. The lowest BCUT2D eigenvalue weighted by Gasteiger charge is -2.12. The minimum absolute atomic E-state index is 0.0175. The fraction of sp³-hybridized carbons (Fsp3) is 0. The zero-order valence-corrected chi connectivity index (χ0v) is 18.5. The van der Waals surface area contributed by atoms with E-state index >= 15 is 8.78 Å². The van der Waals surface area contributed by atoms with Gasteiger partial charge >= 0.3 is 0 Å². The van der Waals surface area contributed by atoms with Crippen LogP contribution in [0.3, 0.4) is 0 Å². The fourth-order valence-electron chi connectivity index (χ4n) is 5.63. The van der Waals surface area contributed by atoms with E-state index in [2.05, 4.69) is 0 Å². The molecule has 5 aromatic rings. The number of halogens is 2. The van der Waals surface area contributed by atoms with Gasteiger partial charge in [-0.25, -0.2) is 8.78 Å². The number of rotatable bonds is 0. The molecule has 36 heavy (non-hydrogen) atoms. The average Bonchev–Trinajstić information content (AvgIpc) is 3.37. The molecule has 0 saturated carbocycles. The van der Waals surface area contributed by atoms with Crippen LogP contribution in [0, 0.1) is 34.3 Å². The molecule has 2 aliphatic carbocycles. The van der Waals surface area contributed by atoms with Gasteiger partial charge in [-0.1, -0.05) is 48.5 Å². The number of carbonyl (C=O) groups is 1. The van der Waals surface area contributed by atoms with Crippen LogP contribution in [0.2, 0.25) is 0 Å². The Morgan fingerprint density at radius 3 is 1.56 bits per heavy atom. The van der Waals surface area contributed by atoms with Gasteiger partial charge in [-0.3, -0.25) is 4.79 Å². The van der Waals surface area contributed by atoms with Crippen molar-refractivity contribution in [1.29, 1.82) is 10.5 Å². The van der Waals surface area contributed by atoms with Crippen molar-refractivity contribution >= 4 is 32.9 Å². The van der Waals surface area contributed by atoms with Gasteiger partial charge in [-0.05, 0) is 62.5 Å². The standard InChI is InChI=1S/C31H12F2N2O/c32-29-26-22-11-17-7-3-4-8-18(17)12-23(22)31(36)28(26)25-21-10-16-6-2-1-5-15(16)9-20(21)24(19(13-34)14-35)27(25)30(29)33/h1-12H. The summed E-state index contributed by atoms with van der Waals surface area (Å²) in [5.74, 6) is -2.73. The highest BCUT2D eigenvalue weighted by molar-refractivity contribution is 6.28. The van der Waals surface area contributed by atoms with Crippen LogP contribution in [0.1, 0.15) is 27.0 Å². The molecule has 0 N–H and O–H groups in total. The third-order valence-electron chi connectivity index (χ3n) is 7.16. The summed E-state index contributed by atoms with van der Waals surface area (Å²) in [4.78, 5) is 13.8. The van der Waals surface area contributed by atoms with Crippen LogP contribution in [-0.4, -0.2) is 5.78 Å². The zero-order valence-electron chi connectivity index (χ0n) is 18.5. The van der Waals surface area contributed by atoms with Crippen molar-refractivity contribution in [2.75, 3.05) is 0 Å². The summed E-state index contributed by atoms with van der Waals surface area (Å²) in [6.45, 7) is 0. The van der Waals surface area contributed by atoms with Crippen molar-refractivity contribution in [3.05, 3.63) is 112 Å². The van der Waals surface area contributed by atoms with E-state index in [0.717, 1.165) is 21.5 Å². The third-order valence-corrected chi connectivity index (χ3v) is 7.16. The lowest BCUT2D eigenvalue weighted by Crippen LogP contribution is -2.03. The highest BCUT2D eigenvalue weighted by Gasteiger charge is 2.42. The van der Waals surface area contributed by atoms with Gasteiger partial charge in [-0.2, -0.15) is 10.5 Å². The second kappa shape index (κ2) is 6.95. The maximum atomic E-state index is 16.0. The summed E-state index contributed by atoms with van der Waals surface area (Å²) in [7, 11) is 0. The normalized spacial score (nSPS) is 12.7. The molecular weight excluding hydrogens is 454 g/mol. The number of benzene rings is 5. The van der Waals surface area contributed by atoms with Crippen molar-refractivity contribution in [2.24, 2.45) is 0 Å². The predicted molar refractivity (Wildman–Crippen MR) is 133 cm³/mol. The van der Waals surface area contributed by atoms with E-state index in [-0.39, 0.29) is 33.4 Å². The first-order valence-corrected chi connectivity index (χ1v) is 11.2. The Labute approximate surface area is 203 Å². The number of ketones is 1. The van der Waals surface area contributed by atoms with Crippen LogP contribution in [0.25, 0.3) is 49.4 Å². The molecule has 166 valence electrons. The minimum Gasteiger partial charge on any atom is -0.289 e. The molecule has 5 aromatic carbocycles. The molecule has 3 nitrogen and oxygen atoms in total. The molecule has 5 heteroatoms. The summed E-state index contributed by atoms with van der Waals surface area (Å²) >= 11 is 0. The predicted octanol–water partition coefficient (Wildman–Crippen LogP) is 7.31. The summed E-state index contributed by atoms with van der Waals surface area (Å²) in [6.07, 6.45) is 0. The second-order valence-electron chi connectivity index (χ2n) is 8.92. The summed E-state index contributed by atoms with van der Waals surface area (Å²) < 4.78 is 31.8. The van der Waals surface area contributed by atoms with E-state index in [1.54, 1.807) is 18.2 Å². The first kappa shape index (κ1) is 20.3. The summed E-state index contributed by atoms with van der Waals surface area (Å²) in [5, 5.41) is 22.7. The fourth-order valence-corrected chi connectivity index (χ4v) is 5.63. The lowest BCUT2D eigenvalue weighted by molar-refractivity contribution is 0.104. The zero-order chi connectivity index (χ0) is 24.7. The van der Waals surface area contributed by atoms with E-state index in [0.29, 0.717) is 22.3 Å². The van der Waals surface area contributed by atoms with Gasteiger partial charge in [0.25, 0.3) is 0 Å².